The van der Waals surface area contributed by atoms with E-state index in [-0.39, 0.29) is 22.5 Å². The Bertz CT molecular complexity index is 1100. The number of hydrogen-bond acceptors (Lipinski definition) is 6. The first kappa shape index (κ1) is 20.9. The Morgan fingerprint density at radius 2 is 1.77 bits per heavy atom. The van der Waals surface area contributed by atoms with Gasteiger partial charge in [0, 0.05) is 17.8 Å². The molecule has 8 heteroatoms. The maximum Gasteiger partial charge on any atom is 0.341 e. The van der Waals surface area contributed by atoms with Gasteiger partial charge in [-0.25, -0.2) is 9.18 Å². The summed E-state index contributed by atoms with van der Waals surface area (Å²) in [5.74, 6) is -1.10. The van der Waals surface area contributed by atoms with E-state index in [9.17, 15) is 19.3 Å². The highest BCUT2D eigenvalue weighted by molar-refractivity contribution is 5.91. The van der Waals surface area contributed by atoms with Crippen LogP contribution in [0.2, 0.25) is 0 Å². The summed E-state index contributed by atoms with van der Waals surface area (Å²) in [5, 5.41) is 11.7. The molecule has 0 bridgehead atoms. The molecule has 30 heavy (non-hydrogen) atoms. The monoisotopic (exact) mass is 410 g/mol. The molecule has 154 valence electrons. The Morgan fingerprint density at radius 3 is 2.37 bits per heavy atom. The predicted octanol–water partition coefficient (Wildman–Crippen LogP) is 5.04. The van der Waals surface area contributed by atoms with Crippen LogP contribution < -0.4 is 4.74 Å². The van der Waals surface area contributed by atoms with Gasteiger partial charge in [0.15, 0.2) is 5.82 Å². The van der Waals surface area contributed by atoms with Crippen molar-refractivity contribution in [2.75, 3.05) is 7.11 Å². The van der Waals surface area contributed by atoms with Crippen LogP contribution in [0.1, 0.15) is 24.2 Å². The third-order valence-electron chi connectivity index (χ3n) is 4.32. The van der Waals surface area contributed by atoms with Gasteiger partial charge in [-0.05, 0) is 43.7 Å². The van der Waals surface area contributed by atoms with Gasteiger partial charge in [-0.2, -0.15) is 0 Å². The molecular weight excluding hydrogens is 391 g/mol. The van der Waals surface area contributed by atoms with Crippen LogP contribution in [0.5, 0.6) is 5.75 Å². The number of nitrogens with zero attached hydrogens (tertiary/aromatic N) is 2. The molecule has 0 aliphatic carbocycles. The molecule has 3 aromatic rings. The number of nitro groups is 1. The van der Waals surface area contributed by atoms with Gasteiger partial charge < -0.3 is 9.47 Å². The molecule has 1 heterocycles. The summed E-state index contributed by atoms with van der Waals surface area (Å²) in [4.78, 5) is 27.2. The number of carbonyl (C=O) groups is 1. The van der Waals surface area contributed by atoms with Crippen LogP contribution in [0.3, 0.4) is 0 Å². The molecule has 0 saturated heterocycles. The first-order chi connectivity index (χ1) is 14.3. The normalized spacial score (nSPS) is 10.7. The fourth-order valence-corrected chi connectivity index (χ4v) is 2.92. The smallest absolute Gasteiger partial charge is 0.341 e. The highest BCUT2D eigenvalue weighted by Gasteiger charge is 2.22. The van der Waals surface area contributed by atoms with E-state index in [4.69, 9.17) is 9.47 Å². The minimum Gasteiger partial charge on any atom is -0.497 e. The van der Waals surface area contributed by atoms with Crippen molar-refractivity contribution in [1.82, 2.24) is 4.98 Å². The molecular formula is C22H19FN2O5. The van der Waals surface area contributed by atoms with Crippen LogP contribution in [-0.2, 0) is 4.74 Å². The zero-order valence-corrected chi connectivity index (χ0v) is 16.6. The Kier molecular flexibility index (Phi) is 6.06. The Labute approximate surface area is 172 Å². The first-order valence-electron chi connectivity index (χ1n) is 9.10. The van der Waals surface area contributed by atoms with Gasteiger partial charge >= 0.3 is 5.97 Å². The number of esters is 1. The summed E-state index contributed by atoms with van der Waals surface area (Å²) >= 11 is 0. The second-order valence-electron chi connectivity index (χ2n) is 6.69. The predicted molar refractivity (Wildman–Crippen MR) is 109 cm³/mol. The maximum absolute atomic E-state index is 15.0. The zero-order valence-electron chi connectivity index (χ0n) is 16.6. The zero-order chi connectivity index (χ0) is 21.8. The number of ether oxygens (including phenoxy) is 2. The molecule has 0 spiro atoms. The largest absolute Gasteiger partial charge is 0.497 e. The van der Waals surface area contributed by atoms with Crippen molar-refractivity contribution in [1.29, 1.82) is 0 Å². The second kappa shape index (κ2) is 8.69. The summed E-state index contributed by atoms with van der Waals surface area (Å²) in [6.07, 6.45) is 0.844. The van der Waals surface area contributed by atoms with E-state index >= 15 is 0 Å². The number of methoxy groups -OCH3 is 1. The average molecular weight is 410 g/mol. The summed E-state index contributed by atoms with van der Waals surface area (Å²) in [7, 11) is 1.53. The molecule has 0 saturated carbocycles. The van der Waals surface area contributed by atoms with Crippen LogP contribution >= 0.6 is 0 Å². The third kappa shape index (κ3) is 4.27. The van der Waals surface area contributed by atoms with E-state index in [1.54, 1.807) is 38.1 Å². The molecule has 0 atom stereocenters. The van der Waals surface area contributed by atoms with E-state index in [0.717, 1.165) is 0 Å². The van der Waals surface area contributed by atoms with Crippen LogP contribution in [0.15, 0.2) is 54.7 Å². The average Bonchev–Trinajstić information content (AvgIpc) is 2.73. The van der Waals surface area contributed by atoms with Crippen molar-refractivity contribution in [2.24, 2.45) is 0 Å². The van der Waals surface area contributed by atoms with Crippen molar-refractivity contribution in [2.45, 2.75) is 20.0 Å². The van der Waals surface area contributed by atoms with Crippen LogP contribution in [0.25, 0.3) is 22.4 Å². The summed E-state index contributed by atoms with van der Waals surface area (Å²) in [5.41, 5.74) is 0.483. The molecule has 0 N–H and O–H groups in total. The van der Waals surface area contributed by atoms with Crippen molar-refractivity contribution in [3.8, 4) is 28.1 Å². The fourth-order valence-electron chi connectivity index (χ4n) is 2.92. The van der Waals surface area contributed by atoms with E-state index in [1.807, 2.05) is 0 Å². The molecule has 0 fully saturated rings. The number of nitro benzene ring substituents is 1. The second-order valence-corrected chi connectivity index (χ2v) is 6.69. The lowest BCUT2D eigenvalue weighted by Crippen LogP contribution is -2.14. The number of pyridine rings is 1. The van der Waals surface area contributed by atoms with Gasteiger partial charge in [0.05, 0.1) is 29.3 Å². The van der Waals surface area contributed by atoms with E-state index in [1.165, 1.54) is 37.6 Å². The highest BCUT2D eigenvalue weighted by Crippen LogP contribution is 2.35. The Hall–Kier alpha value is -3.81. The van der Waals surface area contributed by atoms with Crippen LogP contribution in [0, 0.1) is 15.9 Å². The van der Waals surface area contributed by atoms with Crippen molar-refractivity contribution < 1.29 is 23.6 Å². The number of hydrogen-bond donors (Lipinski definition) is 0. The molecule has 0 unspecified atom stereocenters. The third-order valence-corrected chi connectivity index (χ3v) is 4.32. The van der Waals surface area contributed by atoms with E-state index < -0.39 is 22.8 Å². The molecule has 0 amide bonds. The Morgan fingerprint density at radius 1 is 1.10 bits per heavy atom. The molecule has 1 aromatic heterocycles. The van der Waals surface area contributed by atoms with Gasteiger partial charge in [0.1, 0.15) is 11.4 Å². The van der Waals surface area contributed by atoms with Gasteiger partial charge in [0.25, 0.3) is 5.69 Å². The standard InChI is InChI=1S/C22H19FN2O5/c1-13(2)30-22(26)18-10-11-24-21(20(18)23)15-6-9-17(19(12-15)25(27)28)14-4-7-16(29-3)8-5-14/h4-13H,1-3H3. The van der Waals surface area contributed by atoms with E-state index in [2.05, 4.69) is 4.98 Å². The molecule has 2 aromatic carbocycles. The van der Waals surface area contributed by atoms with Gasteiger partial charge in [-0.15, -0.1) is 0 Å². The fraction of sp³-hybridized carbons (Fsp3) is 0.182. The van der Waals surface area contributed by atoms with Gasteiger partial charge in [-0.3, -0.25) is 15.1 Å². The highest BCUT2D eigenvalue weighted by atomic mass is 19.1. The number of rotatable bonds is 6. The number of halogens is 1. The molecule has 0 aliphatic heterocycles. The summed E-state index contributed by atoms with van der Waals surface area (Å²) in [6.45, 7) is 3.30. The number of aromatic nitrogens is 1. The number of benzene rings is 2. The maximum atomic E-state index is 15.0. The minimum atomic E-state index is -0.894. The molecule has 0 aliphatic rings. The SMILES string of the molecule is COc1ccc(-c2ccc(-c3nccc(C(=O)OC(C)C)c3F)cc2[N+](=O)[O-])cc1. The molecule has 0 radical (unpaired) electrons. The summed E-state index contributed by atoms with van der Waals surface area (Å²) < 4.78 is 25.1. The van der Waals surface area contributed by atoms with Gasteiger partial charge in [0.2, 0.25) is 0 Å². The topological polar surface area (TPSA) is 91.6 Å². The minimum absolute atomic E-state index is 0.169. The molecule has 3 rings (SSSR count). The summed E-state index contributed by atoms with van der Waals surface area (Å²) in [6, 6.07) is 12.3. The van der Waals surface area contributed by atoms with Gasteiger partial charge in [-0.1, -0.05) is 18.2 Å². The van der Waals surface area contributed by atoms with Crippen LogP contribution in [0.4, 0.5) is 10.1 Å². The quantitative estimate of drug-likeness (QED) is 0.321. The number of carbonyl (C=O) groups excluding carboxylic acids is 1. The lowest BCUT2D eigenvalue weighted by atomic mass is 9.99. The van der Waals surface area contributed by atoms with Crippen molar-refractivity contribution >= 4 is 11.7 Å². The molecule has 7 nitrogen and oxygen atoms in total. The van der Waals surface area contributed by atoms with Crippen molar-refractivity contribution in [3.63, 3.8) is 0 Å². The lowest BCUT2D eigenvalue weighted by molar-refractivity contribution is -0.384. The van der Waals surface area contributed by atoms with E-state index in [0.29, 0.717) is 16.9 Å². The first-order valence-corrected chi connectivity index (χ1v) is 9.10. The van der Waals surface area contributed by atoms with Crippen molar-refractivity contribution in [3.05, 3.63) is 76.2 Å². The Balaban J connectivity index is 2.07. The van der Waals surface area contributed by atoms with Crippen LogP contribution in [-0.4, -0.2) is 29.1 Å². The lowest BCUT2D eigenvalue weighted by Gasteiger charge is -2.11.